The van der Waals surface area contributed by atoms with Crippen LogP contribution in [0.4, 0.5) is 0 Å². The topological polar surface area (TPSA) is 39.1 Å². The molecule has 0 saturated heterocycles. The third kappa shape index (κ3) is 2.86. The SMILES string of the molecule is O=c1sc2ccccc2c(=O)n1CC1(CBr)CCCCC1. The molecule has 3 nitrogen and oxygen atoms in total. The van der Waals surface area contributed by atoms with Gasteiger partial charge in [-0.1, -0.05) is 58.7 Å². The first-order valence-corrected chi connectivity index (χ1v) is 9.28. The third-order valence-corrected chi connectivity index (χ3v) is 6.63. The average Bonchev–Trinajstić information content (AvgIpc) is 2.52. The lowest BCUT2D eigenvalue weighted by Crippen LogP contribution is -2.40. The molecule has 1 aromatic heterocycles. The quantitative estimate of drug-likeness (QED) is 0.774. The summed E-state index contributed by atoms with van der Waals surface area (Å²) in [7, 11) is 0. The Balaban J connectivity index is 2.08. The van der Waals surface area contributed by atoms with Gasteiger partial charge >= 0.3 is 4.87 Å². The molecule has 0 unspecified atom stereocenters. The second-order valence-corrected chi connectivity index (χ2v) is 7.50. The van der Waals surface area contributed by atoms with Gasteiger partial charge in [-0.05, 0) is 30.4 Å². The van der Waals surface area contributed by atoms with Crippen LogP contribution >= 0.6 is 27.3 Å². The lowest BCUT2D eigenvalue weighted by Gasteiger charge is -2.35. The average molecular weight is 368 g/mol. The summed E-state index contributed by atoms with van der Waals surface area (Å²) in [5, 5.41) is 1.51. The van der Waals surface area contributed by atoms with Gasteiger partial charge in [-0.3, -0.25) is 14.2 Å². The van der Waals surface area contributed by atoms with Gasteiger partial charge in [0.1, 0.15) is 0 Å². The summed E-state index contributed by atoms with van der Waals surface area (Å²) >= 11 is 4.78. The van der Waals surface area contributed by atoms with E-state index in [4.69, 9.17) is 0 Å². The van der Waals surface area contributed by atoms with Gasteiger partial charge in [0.2, 0.25) is 0 Å². The van der Waals surface area contributed by atoms with Crippen LogP contribution in [0.25, 0.3) is 10.1 Å². The summed E-state index contributed by atoms with van der Waals surface area (Å²) in [4.78, 5) is 24.9. The number of aromatic nitrogens is 1. The minimum absolute atomic E-state index is 0.0520. The molecule has 0 radical (unpaired) electrons. The monoisotopic (exact) mass is 367 g/mol. The van der Waals surface area contributed by atoms with Crippen LogP contribution in [0.2, 0.25) is 0 Å². The van der Waals surface area contributed by atoms with Crippen LogP contribution < -0.4 is 10.4 Å². The molecule has 1 fully saturated rings. The smallest absolute Gasteiger partial charge is 0.269 e. The first-order valence-electron chi connectivity index (χ1n) is 7.34. The predicted molar refractivity (Wildman–Crippen MR) is 91.7 cm³/mol. The van der Waals surface area contributed by atoms with Gasteiger partial charge in [-0.2, -0.15) is 0 Å². The Morgan fingerprint density at radius 1 is 1.14 bits per heavy atom. The number of alkyl halides is 1. The van der Waals surface area contributed by atoms with Crippen molar-refractivity contribution in [2.75, 3.05) is 5.33 Å². The highest BCUT2D eigenvalue weighted by Gasteiger charge is 2.32. The molecule has 0 spiro atoms. The lowest BCUT2D eigenvalue weighted by molar-refractivity contribution is 0.188. The van der Waals surface area contributed by atoms with Crippen LogP contribution in [0.1, 0.15) is 32.1 Å². The van der Waals surface area contributed by atoms with Crippen molar-refractivity contribution in [1.82, 2.24) is 4.57 Å². The number of benzene rings is 1. The predicted octanol–water partition coefficient (Wildman–Crippen LogP) is 3.77. The van der Waals surface area contributed by atoms with Crippen LogP contribution in [-0.2, 0) is 6.54 Å². The second kappa shape index (κ2) is 6.05. The van der Waals surface area contributed by atoms with Crippen molar-refractivity contribution in [3.8, 4) is 0 Å². The fraction of sp³-hybridized carbons (Fsp3) is 0.500. The summed E-state index contributed by atoms with van der Waals surface area (Å²) in [6, 6.07) is 7.37. The fourth-order valence-corrected chi connectivity index (χ4v) is 4.81. The maximum atomic E-state index is 12.6. The molecule has 1 aromatic carbocycles. The summed E-state index contributed by atoms with van der Waals surface area (Å²) < 4.78 is 2.24. The first kappa shape index (κ1) is 15.0. The van der Waals surface area contributed by atoms with E-state index in [1.807, 2.05) is 24.3 Å². The zero-order valence-electron chi connectivity index (χ0n) is 11.8. The summed E-state index contributed by atoms with van der Waals surface area (Å²) in [6.45, 7) is 0.539. The van der Waals surface area contributed by atoms with E-state index in [1.165, 1.54) is 35.2 Å². The Kier molecular flexibility index (Phi) is 4.31. The Labute approximate surface area is 135 Å². The number of hydrogen-bond donors (Lipinski definition) is 0. The summed E-state index contributed by atoms with van der Waals surface area (Å²) in [5.41, 5.74) is -0.0867. The fourth-order valence-electron chi connectivity index (χ4n) is 3.22. The molecular weight excluding hydrogens is 350 g/mol. The van der Waals surface area contributed by atoms with Crippen molar-refractivity contribution >= 4 is 37.4 Å². The molecule has 0 N–H and O–H groups in total. The Bertz CT molecular complexity index is 759. The minimum atomic E-state index is -0.139. The number of halogens is 1. The van der Waals surface area contributed by atoms with Crippen molar-refractivity contribution in [2.24, 2.45) is 5.41 Å². The number of nitrogens with zero attached hydrogens (tertiary/aromatic N) is 1. The molecule has 1 aliphatic carbocycles. The molecule has 21 heavy (non-hydrogen) atoms. The van der Waals surface area contributed by atoms with E-state index in [0.717, 1.165) is 22.9 Å². The Morgan fingerprint density at radius 2 is 1.86 bits per heavy atom. The molecular formula is C16H18BrNO2S. The van der Waals surface area contributed by atoms with E-state index >= 15 is 0 Å². The van der Waals surface area contributed by atoms with Crippen molar-refractivity contribution in [3.05, 3.63) is 44.3 Å². The molecule has 5 heteroatoms. The highest BCUT2D eigenvalue weighted by molar-refractivity contribution is 9.09. The summed E-state index contributed by atoms with van der Waals surface area (Å²) in [5.74, 6) is 0. The zero-order valence-corrected chi connectivity index (χ0v) is 14.2. The Hall–Kier alpha value is -0.940. The minimum Gasteiger partial charge on any atom is -0.269 e. The van der Waals surface area contributed by atoms with Crippen molar-refractivity contribution < 1.29 is 0 Å². The van der Waals surface area contributed by atoms with Gasteiger partial charge in [0.15, 0.2) is 0 Å². The number of fused-ring (bicyclic) bond motifs is 1. The van der Waals surface area contributed by atoms with Crippen LogP contribution in [-0.4, -0.2) is 9.90 Å². The summed E-state index contributed by atoms with van der Waals surface area (Å²) in [6.07, 6.45) is 5.80. The number of rotatable bonds is 3. The molecule has 1 heterocycles. The molecule has 0 bridgehead atoms. The van der Waals surface area contributed by atoms with Gasteiger partial charge in [0, 0.05) is 16.6 Å². The van der Waals surface area contributed by atoms with E-state index in [1.54, 1.807) is 0 Å². The molecule has 3 rings (SSSR count). The normalized spacial score (nSPS) is 18.0. The highest BCUT2D eigenvalue weighted by Crippen LogP contribution is 2.38. The van der Waals surface area contributed by atoms with Gasteiger partial charge < -0.3 is 0 Å². The molecule has 1 saturated carbocycles. The van der Waals surface area contributed by atoms with Gasteiger partial charge in [-0.25, -0.2) is 0 Å². The standard InChI is InChI=1S/C16H18BrNO2S/c17-10-16(8-4-1-5-9-16)11-18-14(19)12-6-2-3-7-13(12)21-15(18)20/h2-3,6-7H,1,4-5,8-11H2. The second-order valence-electron chi connectivity index (χ2n) is 5.95. The third-order valence-electron chi connectivity index (χ3n) is 4.47. The molecule has 0 atom stereocenters. The van der Waals surface area contributed by atoms with Crippen LogP contribution in [0, 0.1) is 5.41 Å². The maximum absolute atomic E-state index is 12.6. The van der Waals surface area contributed by atoms with Crippen molar-refractivity contribution in [1.29, 1.82) is 0 Å². The molecule has 2 aromatic rings. The zero-order chi connectivity index (χ0) is 14.9. The van der Waals surface area contributed by atoms with Crippen LogP contribution in [0.15, 0.2) is 33.9 Å². The number of hydrogen-bond acceptors (Lipinski definition) is 3. The van der Waals surface area contributed by atoms with E-state index in [0.29, 0.717) is 11.9 Å². The maximum Gasteiger partial charge on any atom is 0.310 e. The van der Waals surface area contributed by atoms with Crippen LogP contribution in [0.3, 0.4) is 0 Å². The van der Waals surface area contributed by atoms with E-state index in [9.17, 15) is 9.59 Å². The molecule has 112 valence electrons. The highest BCUT2D eigenvalue weighted by atomic mass is 79.9. The van der Waals surface area contributed by atoms with E-state index in [2.05, 4.69) is 15.9 Å². The van der Waals surface area contributed by atoms with Crippen molar-refractivity contribution in [3.63, 3.8) is 0 Å². The molecule has 1 aliphatic rings. The van der Waals surface area contributed by atoms with E-state index in [-0.39, 0.29) is 15.8 Å². The van der Waals surface area contributed by atoms with Gasteiger partial charge in [0.05, 0.1) is 5.39 Å². The van der Waals surface area contributed by atoms with Crippen LogP contribution in [0.5, 0.6) is 0 Å². The molecule has 0 amide bonds. The van der Waals surface area contributed by atoms with Gasteiger partial charge in [0.25, 0.3) is 5.56 Å². The lowest BCUT2D eigenvalue weighted by atomic mass is 9.75. The first-order chi connectivity index (χ1) is 10.2. The van der Waals surface area contributed by atoms with E-state index < -0.39 is 0 Å². The largest absolute Gasteiger partial charge is 0.310 e. The van der Waals surface area contributed by atoms with Crippen molar-refractivity contribution in [2.45, 2.75) is 38.6 Å². The Morgan fingerprint density at radius 3 is 2.57 bits per heavy atom. The van der Waals surface area contributed by atoms with Gasteiger partial charge in [-0.15, -0.1) is 0 Å². The molecule has 0 aliphatic heterocycles.